The Morgan fingerprint density at radius 2 is 0.858 bits per heavy atom. The first-order valence-electron chi connectivity index (χ1n) is 42.2. The van der Waals surface area contributed by atoms with Gasteiger partial charge in [0.2, 0.25) is 17.2 Å². The van der Waals surface area contributed by atoms with Crippen LogP contribution in [0.1, 0.15) is 119 Å². The quantitative estimate of drug-likeness (QED) is 0.0862. The third kappa shape index (κ3) is 14.8. The van der Waals surface area contributed by atoms with Crippen LogP contribution in [0.15, 0.2) is 243 Å². The van der Waals surface area contributed by atoms with Crippen LogP contribution in [-0.2, 0) is 21.1 Å². The summed E-state index contributed by atoms with van der Waals surface area (Å²) in [7, 11) is 17.0. The summed E-state index contributed by atoms with van der Waals surface area (Å²) in [4.78, 5) is 18.1. The molecule has 0 spiro atoms. The Morgan fingerprint density at radius 1 is 0.400 bits per heavy atom. The number of imidazole rings is 2. The zero-order chi connectivity index (χ0) is 83.8. The molecular weight excluding hydrogens is 1480 g/mol. The van der Waals surface area contributed by atoms with E-state index >= 15 is 0 Å². The van der Waals surface area contributed by atoms with E-state index in [0.717, 1.165) is 75.9 Å². The molecule has 7 aromatic carbocycles. The summed E-state index contributed by atoms with van der Waals surface area (Å²) in [5.41, 5.74) is 26.2. The minimum absolute atomic E-state index is 0.0249. The Bertz CT molecular complexity index is 6980. The van der Waals surface area contributed by atoms with Crippen LogP contribution in [0.25, 0.3) is 126 Å². The van der Waals surface area contributed by atoms with E-state index in [0.29, 0.717) is 35.6 Å². The van der Waals surface area contributed by atoms with E-state index in [9.17, 15) is 0 Å². The number of para-hydroxylation sites is 4. The van der Waals surface area contributed by atoms with Gasteiger partial charge in [0.05, 0.1) is 20.3 Å². The summed E-state index contributed by atoms with van der Waals surface area (Å²) in [5.74, 6) is 10.6. The van der Waals surface area contributed by atoms with Gasteiger partial charge in [0.1, 0.15) is 76.2 Å². The lowest BCUT2D eigenvalue weighted by molar-refractivity contribution is -0.653. The first-order valence-corrected chi connectivity index (χ1v) is 42.2. The fraction of sp³-hybridized carbons (Fsp3) is 0.240. The highest BCUT2D eigenvalue weighted by atomic mass is 16.3. The van der Waals surface area contributed by atoms with E-state index in [-0.39, 0.29) is 27.5 Å². The number of aryl methyl sites for hydroxylation is 5. The summed E-state index contributed by atoms with van der Waals surface area (Å²) in [6.45, 7) is 25.1. The predicted octanol–water partition coefficient (Wildman–Crippen LogP) is 10.9. The molecule has 1 atom stereocenters. The Balaban J connectivity index is 0.000000116. The van der Waals surface area contributed by atoms with Crippen molar-refractivity contribution in [2.45, 2.75) is 106 Å². The molecule has 5 aliphatic heterocycles. The molecule has 0 N–H and O–H groups in total. The molecule has 600 valence electrons. The third-order valence-electron chi connectivity index (χ3n) is 24.7. The molecule has 0 bridgehead atoms. The summed E-state index contributed by atoms with van der Waals surface area (Å²) in [5, 5.41) is 9.18. The Labute approximate surface area is 704 Å². The third-order valence-corrected chi connectivity index (χ3v) is 24.7. The van der Waals surface area contributed by atoms with Gasteiger partial charge in [-0.1, -0.05) is 195 Å². The number of furan rings is 4. The highest BCUT2D eigenvalue weighted by Crippen LogP contribution is 2.37. The van der Waals surface area contributed by atoms with Gasteiger partial charge in [-0.3, -0.25) is 0 Å². The molecule has 20 heteroatoms. The van der Waals surface area contributed by atoms with Crippen molar-refractivity contribution >= 4 is 137 Å². The molecule has 8 aromatic heterocycles. The fourth-order valence-electron chi connectivity index (χ4n) is 18.1. The Hall–Kier alpha value is -12.8. The van der Waals surface area contributed by atoms with Gasteiger partial charge in [-0.15, -0.1) is 0 Å². The number of aromatic nitrogens is 6. The lowest BCUT2D eigenvalue weighted by atomic mass is 9.55. The van der Waals surface area contributed by atoms with Gasteiger partial charge < -0.3 is 46.6 Å². The van der Waals surface area contributed by atoms with Crippen LogP contribution in [0.2, 0.25) is 0 Å². The van der Waals surface area contributed by atoms with Crippen molar-refractivity contribution in [3.05, 3.63) is 301 Å². The van der Waals surface area contributed by atoms with Crippen LogP contribution in [0.3, 0.4) is 0 Å². The largest absolute Gasteiger partial charge is 0.457 e. The maximum atomic E-state index is 6.31. The average molecular weight is 1580 g/mol. The molecular formula is C100H107B4N12O4+3. The zero-order valence-electron chi connectivity index (χ0n) is 72.7. The summed E-state index contributed by atoms with van der Waals surface area (Å²) < 4.78 is 36.1. The molecule has 16 nitrogen and oxygen atoms in total. The number of hydrogen-bond acceptors (Lipinski definition) is 11. The molecule has 0 fully saturated rings. The molecule has 0 amide bonds. The van der Waals surface area contributed by atoms with Crippen LogP contribution in [0, 0.1) is 13.8 Å². The van der Waals surface area contributed by atoms with Gasteiger partial charge in [-0.2, -0.15) is 0 Å². The van der Waals surface area contributed by atoms with Crippen LogP contribution in [-0.4, -0.2) is 112 Å². The van der Waals surface area contributed by atoms with Crippen molar-refractivity contribution in [3.8, 4) is 33.6 Å². The number of nitrogens with zero attached hydrogens (tertiary/aromatic N) is 12. The maximum Gasteiger partial charge on any atom is 0.424 e. The smallest absolute Gasteiger partial charge is 0.424 e. The number of rotatable bonds is 12. The normalized spacial score (nSPS) is 14.7. The van der Waals surface area contributed by atoms with Gasteiger partial charge in [0.25, 0.3) is 0 Å². The van der Waals surface area contributed by atoms with E-state index in [1.165, 1.54) is 89.1 Å². The minimum atomic E-state index is 0.0249. The molecule has 0 aliphatic carbocycles. The van der Waals surface area contributed by atoms with Crippen molar-refractivity contribution in [2.24, 2.45) is 21.1 Å². The van der Waals surface area contributed by atoms with Gasteiger partial charge in [0, 0.05) is 114 Å². The fourth-order valence-corrected chi connectivity index (χ4v) is 18.1. The molecule has 15 aromatic rings. The van der Waals surface area contributed by atoms with Gasteiger partial charge in [-0.05, 0) is 168 Å². The van der Waals surface area contributed by atoms with Crippen molar-refractivity contribution < 1.29 is 31.4 Å². The van der Waals surface area contributed by atoms with E-state index in [4.69, 9.17) is 17.7 Å². The molecule has 13 heterocycles. The number of benzene rings is 7. The second kappa shape index (κ2) is 32.5. The van der Waals surface area contributed by atoms with E-state index in [1.807, 2.05) is 49.4 Å². The van der Waals surface area contributed by atoms with Crippen LogP contribution in [0.5, 0.6) is 0 Å². The monoisotopic (exact) mass is 1580 g/mol. The Morgan fingerprint density at radius 3 is 1.35 bits per heavy atom. The van der Waals surface area contributed by atoms with E-state index in [1.54, 1.807) is 0 Å². The highest BCUT2D eigenvalue weighted by molar-refractivity contribution is 6.83. The topological polar surface area (TPSA) is 106 Å². The summed E-state index contributed by atoms with van der Waals surface area (Å²) in [6.07, 6.45) is 24.3. The van der Waals surface area contributed by atoms with E-state index in [2.05, 4.69) is 414 Å². The van der Waals surface area contributed by atoms with E-state index < -0.39 is 0 Å². The summed E-state index contributed by atoms with van der Waals surface area (Å²) >= 11 is 0. The minimum Gasteiger partial charge on any atom is -0.457 e. The lowest BCUT2D eigenvalue weighted by Gasteiger charge is -2.35. The average Bonchev–Trinajstić information content (AvgIpc) is 1.58. The molecule has 0 saturated heterocycles. The second-order valence-electron chi connectivity index (χ2n) is 34.3. The van der Waals surface area contributed by atoms with Crippen molar-refractivity contribution in [3.63, 3.8) is 0 Å². The second-order valence-corrected chi connectivity index (χ2v) is 34.3. The molecule has 120 heavy (non-hydrogen) atoms. The SMILES string of the molecule is CC(C)c1cc(-c2ccccc2)cc(C(C)C)c1-n1cc[n+](C)c1B1C=c2oc3ccccc3c2=CN1C.CC(C)c1cccc(C(C)C)c1-n1cc[n+](C)c1B1C=c2oc3ccccc3c2=CN1C.C[C@H]1N(C)C=CN1B1C=c2oc3ccccc3c2=CN1C.Cc1ccc2c3c(oc2n1)=CN(C)B(c1cc(C)c(-c2ccccc2)c[n+]1C)C=3. The van der Waals surface area contributed by atoms with Gasteiger partial charge in [0.15, 0.2) is 17.2 Å². The molecule has 5 aliphatic rings. The molecule has 0 unspecified atom stereocenters. The lowest BCUT2D eigenvalue weighted by Crippen LogP contribution is -2.62. The number of fused-ring (bicyclic) bond motifs is 12. The molecule has 0 saturated carbocycles. The number of pyridine rings is 2. The first kappa shape index (κ1) is 79.6. The predicted molar refractivity (Wildman–Crippen MR) is 495 cm³/mol. The van der Waals surface area contributed by atoms with Crippen molar-refractivity contribution in [1.82, 2.24) is 43.1 Å². The van der Waals surface area contributed by atoms with Crippen LogP contribution >= 0.6 is 0 Å². The van der Waals surface area contributed by atoms with Gasteiger partial charge in [-0.25, -0.2) is 27.8 Å². The van der Waals surface area contributed by atoms with Crippen molar-refractivity contribution in [1.29, 1.82) is 0 Å². The zero-order valence-corrected chi connectivity index (χ0v) is 72.7. The van der Waals surface area contributed by atoms with Gasteiger partial charge >= 0.3 is 27.5 Å². The van der Waals surface area contributed by atoms with Crippen LogP contribution < -0.4 is 73.3 Å². The van der Waals surface area contributed by atoms with Crippen LogP contribution in [0.4, 0.5) is 0 Å². The highest BCUT2D eigenvalue weighted by Gasteiger charge is 2.41. The Kier molecular flexibility index (Phi) is 21.6. The van der Waals surface area contributed by atoms with Crippen molar-refractivity contribution in [2.75, 3.05) is 35.2 Å². The molecule has 0 radical (unpaired) electrons. The first-order chi connectivity index (χ1) is 57.8. The molecule has 20 rings (SSSR count). The summed E-state index contributed by atoms with van der Waals surface area (Å²) in [6, 6.07) is 64.0. The number of hydrogen-bond donors (Lipinski definition) is 0. The maximum absolute atomic E-state index is 6.31. The standard InChI is InChI=1S/C33H35BN3O.C27H31BN3O.C24H23BN3O.C16H18BN3O/c1-22(2)27-18-25(24-12-8-7-9-13-24)19-28(23(3)4)32(27)37-17-16-35(5)33(37)34-20-31-29(21-36(34)6)26-14-10-11-15-30(26)38-31;1-18(2)20-11-9-12-21(19(3)4)26(20)31-15-14-29(5)27(31)28-16-25-23(17-30(28)6)22-10-7-8-13-24(22)32-25;1-16-12-23(27(3)14-21(16)18-8-6-5-7-9-18)25-13-20-19-11-10-17(2)26-24(19)29-22(20)15-28(25)4;1-12-18(2)8-9-20(12)17-10-16-14(11-19(17)3)13-6-4-5-7-15(13)21-16/h7-23H,1-6H3;7-19H,1-6H3;5-15H,1-4H3;4-12H,1-3H3/q3*+1;/t;;;12-/m...0/s1.